The minimum atomic E-state index is -1.37. The first kappa shape index (κ1) is 16.1. The molecule has 0 unspecified atom stereocenters. The standard InChI is InChI=1S/C18H16ClN3O3/c1-10-15(11-6-8-12(19)9-7-11)16(22(24)25)18(21-10)13-4-2-3-5-14(13)20-17(18)23/h2-10,15-16,21H,1H3,(H,20,23)/t10-,15-,16+,18-/m0/s1. The predicted molar refractivity (Wildman–Crippen MR) is 94.3 cm³/mol. The third-order valence-electron chi connectivity index (χ3n) is 5.22. The number of hydrogen-bond donors (Lipinski definition) is 2. The number of rotatable bonds is 2. The monoisotopic (exact) mass is 357 g/mol. The Morgan fingerprint density at radius 3 is 2.52 bits per heavy atom. The van der Waals surface area contributed by atoms with Crippen LogP contribution in [0.4, 0.5) is 5.69 Å². The summed E-state index contributed by atoms with van der Waals surface area (Å²) in [6, 6.07) is 12.8. The number of carbonyl (C=O) groups is 1. The number of amides is 1. The smallest absolute Gasteiger partial charge is 0.256 e. The molecular weight excluding hydrogens is 342 g/mol. The fraction of sp³-hybridized carbons (Fsp3) is 0.278. The Kier molecular flexibility index (Phi) is 3.56. The van der Waals surface area contributed by atoms with Gasteiger partial charge in [-0.2, -0.15) is 0 Å². The minimum absolute atomic E-state index is 0.256. The SMILES string of the molecule is C[C@@H]1N[C@]2(C(=O)Nc3ccccc32)[C@H]([N+](=O)[O-])[C@@H]1c1ccc(Cl)cc1. The molecule has 2 aliphatic heterocycles. The summed E-state index contributed by atoms with van der Waals surface area (Å²) < 4.78 is 0. The second-order valence-corrected chi connectivity index (χ2v) is 6.98. The van der Waals surface area contributed by atoms with Crippen LogP contribution in [0, 0.1) is 10.1 Å². The third-order valence-corrected chi connectivity index (χ3v) is 5.47. The summed E-state index contributed by atoms with van der Waals surface area (Å²) >= 11 is 5.95. The van der Waals surface area contributed by atoms with E-state index in [1.165, 1.54) is 0 Å². The van der Waals surface area contributed by atoms with Gasteiger partial charge in [-0.25, -0.2) is 0 Å². The van der Waals surface area contributed by atoms with Gasteiger partial charge in [0.2, 0.25) is 0 Å². The zero-order chi connectivity index (χ0) is 17.8. The highest BCUT2D eigenvalue weighted by Gasteiger charge is 2.67. The third kappa shape index (κ3) is 2.18. The number of fused-ring (bicyclic) bond motifs is 2. The van der Waals surface area contributed by atoms with Gasteiger partial charge < -0.3 is 5.32 Å². The average Bonchev–Trinajstić information content (AvgIpc) is 3.04. The zero-order valence-corrected chi connectivity index (χ0v) is 14.2. The molecule has 0 bridgehead atoms. The fourth-order valence-corrected chi connectivity index (χ4v) is 4.36. The Bertz CT molecular complexity index is 870. The first-order chi connectivity index (χ1) is 11.9. The molecule has 2 heterocycles. The van der Waals surface area contributed by atoms with E-state index in [9.17, 15) is 14.9 Å². The molecule has 7 heteroatoms. The van der Waals surface area contributed by atoms with Crippen molar-refractivity contribution in [2.24, 2.45) is 0 Å². The number of hydrogen-bond acceptors (Lipinski definition) is 4. The van der Waals surface area contributed by atoms with Crippen molar-refractivity contribution >= 4 is 23.2 Å². The van der Waals surface area contributed by atoms with Gasteiger partial charge in [-0.3, -0.25) is 20.2 Å². The van der Waals surface area contributed by atoms with Gasteiger partial charge in [-0.1, -0.05) is 41.9 Å². The number of nitro groups is 1. The Balaban J connectivity index is 1.89. The summed E-state index contributed by atoms with van der Waals surface area (Å²) in [7, 11) is 0. The number of para-hydroxylation sites is 1. The van der Waals surface area contributed by atoms with Crippen LogP contribution < -0.4 is 10.6 Å². The summed E-state index contributed by atoms with van der Waals surface area (Å²) in [6.07, 6.45) is 0. The predicted octanol–water partition coefficient (Wildman–Crippen LogP) is 2.91. The maximum Gasteiger partial charge on any atom is 0.256 e. The van der Waals surface area contributed by atoms with Gasteiger partial charge in [-0.15, -0.1) is 0 Å². The van der Waals surface area contributed by atoms with E-state index in [1.807, 2.05) is 6.92 Å². The lowest BCUT2D eigenvalue weighted by atomic mass is 9.78. The normalized spacial score (nSPS) is 30.3. The van der Waals surface area contributed by atoms with E-state index in [1.54, 1.807) is 48.5 Å². The van der Waals surface area contributed by atoms with Crippen LogP contribution in [0.1, 0.15) is 24.0 Å². The van der Waals surface area contributed by atoms with Crippen LogP contribution in [-0.4, -0.2) is 22.9 Å². The molecule has 1 saturated heterocycles. The lowest BCUT2D eigenvalue weighted by Crippen LogP contribution is -2.54. The summed E-state index contributed by atoms with van der Waals surface area (Å²) in [5.41, 5.74) is 0.671. The minimum Gasteiger partial charge on any atom is -0.324 e. The van der Waals surface area contributed by atoms with E-state index in [-0.39, 0.29) is 16.9 Å². The van der Waals surface area contributed by atoms with Gasteiger partial charge in [0.1, 0.15) is 0 Å². The van der Waals surface area contributed by atoms with Gasteiger partial charge in [0, 0.05) is 27.2 Å². The second kappa shape index (κ2) is 5.54. The van der Waals surface area contributed by atoms with Gasteiger partial charge in [0.05, 0.1) is 5.92 Å². The Labute approximate surface area is 149 Å². The van der Waals surface area contributed by atoms with E-state index in [0.717, 1.165) is 5.56 Å². The first-order valence-electron chi connectivity index (χ1n) is 8.03. The van der Waals surface area contributed by atoms with E-state index < -0.39 is 17.5 Å². The van der Waals surface area contributed by atoms with E-state index in [2.05, 4.69) is 10.6 Å². The van der Waals surface area contributed by atoms with Crippen LogP contribution in [0.2, 0.25) is 5.02 Å². The molecule has 0 radical (unpaired) electrons. The van der Waals surface area contributed by atoms with Gasteiger partial charge in [-0.05, 0) is 30.7 Å². The fourth-order valence-electron chi connectivity index (χ4n) is 4.24. The van der Waals surface area contributed by atoms with Crippen LogP contribution in [0.25, 0.3) is 0 Å². The van der Waals surface area contributed by atoms with E-state index in [4.69, 9.17) is 11.6 Å². The molecule has 4 rings (SSSR count). The molecule has 4 atom stereocenters. The summed E-state index contributed by atoms with van der Waals surface area (Å²) in [6.45, 7) is 1.87. The van der Waals surface area contributed by atoms with Crippen molar-refractivity contribution in [2.75, 3.05) is 5.32 Å². The van der Waals surface area contributed by atoms with E-state index in [0.29, 0.717) is 16.3 Å². The van der Waals surface area contributed by atoms with Crippen molar-refractivity contribution in [3.8, 4) is 0 Å². The van der Waals surface area contributed by atoms with Crippen LogP contribution >= 0.6 is 11.6 Å². The molecule has 128 valence electrons. The van der Waals surface area contributed by atoms with Gasteiger partial charge >= 0.3 is 0 Å². The van der Waals surface area contributed by atoms with Crippen LogP contribution in [-0.2, 0) is 10.3 Å². The maximum atomic E-state index is 12.8. The molecular formula is C18H16ClN3O3. The highest BCUT2D eigenvalue weighted by Crippen LogP contribution is 2.49. The molecule has 2 aliphatic rings. The molecule has 0 aromatic heterocycles. The molecule has 1 spiro atoms. The number of carbonyl (C=O) groups excluding carboxylic acids is 1. The van der Waals surface area contributed by atoms with Crippen molar-refractivity contribution in [1.82, 2.24) is 5.32 Å². The van der Waals surface area contributed by atoms with Crippen molar-refractivity contribution in [3.05, 3.63) is 74.8 Å². The number of benzene rings is 2. The number of nitrogens with one attached hydrogen (secondary N) is 2. The molecule has 2 aromatic rings. The molecule has 2 N–H and O–H groups in total. The van der Waals surface area contributed by atoms with Crippen molar-refractivity contribution in [2.45, 2.75) is 30.5 Å². The molecule has 25 heavy (non-hydrogen) atoms. The summed E-state index contributed by atoms with van der Waals surface area (Å²) in [5.74, 6) is -0.831. The van der Waals surface area contributed by atoms with Crippen LogP contribution in [0.15, 0.2) is 48.5 Å². The quantitative estimate of drug-likeness (QED) is 0.639. The first-order valence-corrected chi connectivity index (χ1v) is 8.40. The Hall–Kier alpha value is -2.44. The lowest BCUT2D eigenvalue weighted by molar-refractivity contribution is -0.532. The van der Waals surface area contributed by atoms with Crippen LogP contribution in [0.3, 0.4) is 0 Å². The second-order valence-electron chi connectivity index (χ2n) is 6.55. The molecule has 0 aliphatic carbocycles. The largest absolute Gasteiger partial charge is 0.324 e. The zero-order valence-electron chi connectivity index (χ0n) is 13.4. The lowest BCUT2D eigenvalue weighted by Gasteiger charge is -2.25. The highest BCUT2D eigenvalue weighted by molar-refractivity contribution is 6.30. The highest BCUT2D eigenvalue weighted by atomic mass is 35.5. The Morgan fingerprint density at radius 2 is 1.84 bits per heavy atom. The average molecular weight is 358 g/mol. The summed E-state index contributed by atoms with van der Waals surface area (Å²) in [5, 5.41) is 18.7. The molecule has 2 aromatic carbocycles. The number of halogens is 1. The number of nitrogens with zero attached hydrogens (tertiary/aromatic N) is 1. The molecule has 0 saturated carbocycles. The Morgan fingerprint density at radius 1 is 1.16 bits per heavy atom. The van der Waals surface area contributed by atoms with Gasteiger partial charge in [0.15, 0.2) is 5.54 Å². The molecule has 6 nitrogen and oxygen atoms in total. The van der Waals surface area contributed by atoms with Crippen molar-refractivity contribution in [1.29, 1.82) is 0 Å². The molecule has 1 fully saturated rings. The van der Waals surface area contributed by atoms with Crippen LogP contribution in [0.5, 0.6) is 0 Å². The summed E-state index contributed by atoms with van der Waals surface area (Å²) in [4.78, 5) is 24.6. The maximum absolute atomic E-state index is 12.8. The van der Waals surface area contributed by atoms with Gasteiger partial charge in [0.25, 0.3) is 11.9 Å². The molecule has 1 amide bonds. The number of anilines is 1. The van der Waals surface area contributed by atoms with Crippen molar-refractivity contribution in [3.63, 3.8) is 0 Å². The van der Waals surface area contributed by atoms with Crippen molar-refractivity contribution < 1.29 is 9.72 Å². The van der Waals surface area contributed by atoms with E-state index >= 15 is 0 Å². The topological polar surface area (TPSA) is 84.3 Å².